The number of benzene rings is 4. The number of rotatable bonds is 12. The average molecular weight is 620 g/mol. The molecular weight excluding hydrogens is 581 g/mol. The topological polar surface area (TPSA) is 74.9 Å². The highest BCUT2D eigenvalue weighted by molar-refractivity contribution is 5.83. The van der Waals surface area contributed by atoms with Crippen molar-refractivity contribution in [3.8, 4) is 28.6 Å². The van der Waals surface area contributed by atoms with Crippen molar-refractivity contribution in [2.45, 2.75) is 46.6 Å². The van der Waals surface area contributed by atoms with Crippen LogP contribution in [0.15, 0.2) is 95.3 Å². The summed E-state index contributed by atoms with van der Waals surface area (Å²) in [6.45, 7) is 12.4. The molecule has 0 aliphatic rings. The Balaban J connectivity index is 1.64. The molecule has 0 saturated heterocycles. The number of ether oxygens (including phenoxy) is 3. The first-order valence-corrected chi connectivity index (χ1v) is 15.3. The summed E-state index contributed by atoms with van der Waals surface area (Å²) in [4.78, 5) is 18.9. The maximum Gasteiger partial charge on any atom is 0.282 e. The highest BCUT2D eigenvalue weighted by Gasteiger charge is 2.19. The molecule has 5 aromatic rings. The Morgan fingerprint density at radius 3 is 2.48 bits per heavy atom. The monoisotopic (exact) mass is 619 g/mol. The average Bonchev–Trinajstić information content (AvgIpc) is 3.04. The second-order valence-corrected chi connectivity index (χ2v) is 11.2. The van der Waals surface area contributed by atoms with Gasteiger partial charge in [0.15, 0.2) is 17.3 Å². The second-order valence-electron chi connectivity index (χ2n) is 11.2. The molecule has 0 spiro atoms. The van der Waals surface area contributed by atoms with Gasteiger partial charge in [-0.2, -0.15) is 9.78 Å². The lowest BCUT2D eigenvalue weighted by Crippen LogP contribution is -2.21. The maximum atomic E-state index is 14.3. The van der Waals surface area contributed by atoms with Gasteiger partial charge in [0.2, 0.25) is 0 Å². The number of fused-ring (bicyclic) bond motifs is 1. The molecule has 0 fully saturated rings. The fourth-order valence-corrected chi connectivity index (χ4v) is 5.35. The van der Waals surface area contributed by atoms with Gasteiger partial charge in [0.1, 0.15) is 18.2 Å². The van der Waals surface area contributed by atoms with Crippen LogP contribution in [0.25, 0.3) is 22.3 Å². The van der Waals surface area contributed by atoms with Gasteiger partial charge < -0.3 is 14.2 Å². The molecule has 0 bridgehead atoms. The number of hydrogen-bond acceptors (Lipinski definition) is 6. The molecule has 0 aliphatic heterocycles. The van der Waals surface area contributed by atoms with Crippen LogP contribution in [0.5, 0.6) is 17.2 Å². The van der Waals surface area contributed by atoms with Crippen LogP contribution in [0.4, 0.5) is 4.39 Å². The Hall–Kier alpha value is -5.24. The van der Waals surface area contributed by atoms with Crippen molar-refractivity contribution < 1.29 is 18.6 Å². The molecule has 1 aromatic heterocycles. The number of nitrogens with zero attached hydrogens (tertiary/aromatic N) is 3. The van der Waals surface area contributed by atoms with Crippen LogP contribution in [0, 0.1) is 12.7 Å². The number of methoxy groups -OCH3 is 1. The molecule has 0 atom stereocenters. The molecule has 7 nitrogen and oxygen atoms in total. The normalized spacial score (nSPS) is 11.4. The fourth-order valence-electron chi connectivity index (χ4n) is 5.35. The molecule has 0 radical (unpaired) electrons. The standard InChI is InChI=1S/C38H38FN3O4/c1-7-13-27-19-26(20-35(45-8-2)36(27)46-23-28-14-9-11-16-32(28)39)22-40-42-37(41-33-17-12-10-15-29(33)38(42)43)31-21-30(24(3)4)34(44-6)18-25(31)5/h7,9-12,14-22,24H,1,8,13,23H2,2-6H3. The van der Waals surface area contributed by atoms with E-state index >= 15 is 0 Å². The molecular formula is C38H38FN3O4. The molecule has 0 saturated carbocycles. The molecule has 8 heteroatoms. The number of aryl methyl sites for hydroxylation is 1. The van der Waals surface area contributed by atoms with Gasteiger partial charge in [-0.25, -0.2) is 9.37 Å². The third kappa shape index (κ3) is 6.71. The molecule has 0 N–H and O–H groups in total. The fraction of sp³-hybridized carbons (Fsp3) is 0.237. The third-order valence-electron chi connectivity index (χ3n) is 7.66. The molecule has 1 heterocycles. The highest BCUT2D eigenvalue weighted by Crippen LogP contribution is 2.36. The van der Waals surface area contributed by atoms with Gasteiger partial charge in [-0.1, -0.05) is 50.3 Å². The zero-order valence-corrected chi connectivity index (χ0v) is 26.8. The van der Waals surface area contributed by atoms with E-state index in [1.54, 1.807) is 49.7 Å². The Kier molecular flexibility index (Phi) is 9.96. The van der Waals surface area contributed by atoms with Crippen LogP contribution < -0.4 is 19.8 Å². The Morgan fingerprint density at radius 1 is 1.00 bits per heavy atom. The van der Waals surface area contributed by atoms with E-state index in [-0.39, 0.29) is 23.9 Å². The van der Waals surface area contributed by atoms with Gasteiger partial charge >= 0.3 is 0 Å². The first-order chi connectivity index (χ1) is 22.2. The van der Waals surface area contributed by atoms with Gasteiger partial charge in [0, 0.05) is 16.7 Å². The minimum absolute atomic E-state index is 0.0332. The molecule has 46 heavy (non-hydrogen) atoms. The summed E-state index contributed by atoms with van der Waals surface area (Å²) < 4.78 is 33.5. The Morgan fingerprint density at radius 2 is 1.76 bits per heavy atom. The minimum atomic E-state index is -0.340. The SMILES string of the molecule is C=CCc1cc(C=Nn2c(-c3cc(C(C)C)c(OC)cc3C)nc3ccccc3c2=O)cc(OCC)c1OCc1ccccc1F. The van der Waals surface area contributed by atoms with E-state index in [9.17, 15) is 9.18 Å². The van der Waals surface area contributed by atoms with Crippen molar-refractivity contribution in [1.82, 2.24) is 9.66 Å². The summed E-state index contributed by atoms with van der Waals surface area (Å²) in [5, 5.41) is 5.17. The van der Waals surface area contributed by atoms with Crippen molar-refractivity contribution >= 4 is 17.1 Å². The molecule has 5 rings (SSSR count). The number of hydrogen-bond donors (Lipinski definition) is 0. The summed E-state index contributed by atoms with van der Waals surface area (Å²) in [6.07, 6.45) is 3.84. The van der Waals surface area contributed by atoms with Crippen molar-refractivity contribution in [3.05, 3.63) is 129 Å². The van der Waals surface area contributed by atoms with E-state index in [1.807, 2.05) is 50.2 Å². The number of allylic oxidation sites excluding steroid dienone is 1. The molecule has 0 unspecified atom stereocenters. The van der Waals surface area contributed by atoms with Crippen molar-refractivity contribution in [1.29, 1.82) is 0 Å². The summed E-state index contributed by atoms with van der Waals surface area (Å²) >= 11 is 0. The Labute approximate surface area is 268 Å². The van der Waals surface area contributed by atoms with Gasteiger partial charge in [-0.05, 0) is 85.3 Å². The summed E-state index contributed by atoms with van der Waals surface area (Å²) in [6, 6.07) is 21.4. The van der Waals surface area contributed by atoms with E-state index < -0.39 is 0 Å². The van der Waals surface area contributed by atoms with Crippen LogP contribution in [-0.4, -0.2) is 29.6 Å². The van der Waals surface area contributed by atoms with Crippen LogP contribution in [-0.2, 0) is 13.0 Å². The Bertz CT molecular complexity index is 1980. The summed E-state index contributed by atoms with van der Waals surface area (Å²) in [5.74, 6) is 2.03. The summed E-state index contributed by atoms with van der Waals surface area (Å²) in [7, 11) is 1.65. The van der Waals surface area contributed by atoms with Crippen LogP contribution in [0.3, 0.4) is 0 Å². The lowest BCUT2D eigenvalue weighted by Gasteiger charge is -2.18. The number of halogens is 1. The molecule has 0 amide bonds. The van der Waals surface area contributed by atoms with Crippen molar-refractivity contribution in [2.75, 3.05) is 13.7 Å². The molecule has 236 valence electrons. The van der Waals surface area contributed by atoms with E-state index in [4.69, 9.17) is 24.3 Å². The van der Waals surface area contributed by atoms with Gasteiger partial charge in [-0.15, -0.1) is 6.58 Å². The number of para-hydroxylation sites is 1. The first kappa shape index (κ1) is 32.2. The zero-order valence-electron chi connectivity index (χ0n) is 26.8. The van der Waals surface area contributed by atoms with E-state index in [1.165, 1.54) is 10.7 Å². The van der Waals surface area contributed by atoms with E-state index in [0.29, 0.717) is 52.4 Å². The number of aromatic nitrogens is 2. The third-order valence-corrected chi connectivity index (χ3v) is 7.66. The van der Waals surface area contributed by atoms with Gasteiger partial charge in [0.05, 0.1) is 30.8 Å². The van der Waals surface area contributed by atoms with Crippen molar-refractivity contribution in [2.24, 2.45) is 5.10 Å². The molecule has 4 aromatic carbocycles. The lowest BCUT2D eigenvalue weighted by atomic mass is 9.96. The lowest BCUT2D eigenvalue weighted by molar-refractivity contribution is 0.263. The molecule has 0 aliphatic carbocycles. The predicted molar refractivity (Wildman–Crippen MR) is 182 cm³/mol. The van der Waals surface area contributed by atoms with Crippen molar-refractivity contribution in [3.63, 3.8) is 0 Å². The zero-order chi connectivity index (χ0) is 32.8. The van der Waals surface area contributed by atoms with Gasteiger partial charge in [0.25, 0.3) is 5.56 Å². The first-order valence-electron chi connectivity index (χ1n) is 15.3. The smallest absolute Gasteiger partial charge is 0.282 e. The highest BCUT2D eigenvalue weighted by atomic mass is 19.1. The maximum absolute atomic E-state index is 14.3. The van der Waals surface area contributed by atoms with E-state index in [0.717, 1.165) is 28.0 Å². The summed E-state index contributed by atoms with van der Waals surface area (Å²) in [5.41, 5.74) is 4.87. The van der Waals surface area contributed by atoms with E-state index in [2.05, 4.69) is 20.4 Å². The second kappa shape index (κ2) is 14.2. The van der Waals surface area contributed by atoms with Crippen LogP contribution in [0.2, 0.25) is 0 Å². The van der Waals surface area contributed by atoms with Gasteiger partial charge in [-0.3, -0.25) is 4.79 Å². The van der Waals surface area contributed by atoms with Crippen LogP contribution >= 0.6 is 0 Å². The quantitative estimate of drug-likeness (QED) is 0.104. The predicted octanol–water partition coefficient (Wildman–Crippen LogP) is 8.23. The largest absolute Gasteiger partial charge is 0.496 e. The minimum Gasteiger partial charge on any atom is -0.496 e. The van der Waals surface area contributed by atoms with Crippen LogP contribution in [0.1, 0.15) is 54.5 Å².